The second-order valence-corrected chi connectivity index (χ2v) is 8.23. The van der Waals surface area contributed by atoms with E-state index < -0.39 is 0 Å². The normalized spacial score (nSPS) is 15.9. The largest absolute Gasteiger partial charge is 0.356 e. The number of nitrogens with zero attached hydrogens (tertiary/aromatic N) is 3. The van der Waals surface area contributed by atoms with E-state index in [0.717, 1.165) is 17.2 Å². The second-order valence-electron chi connectivity index (χ2n) is 6.94. The first-order valence-electron chi connectivity index (χ1n) is 9.11. The highest BCUT2D eigenvalue weighted by Gasteiger charge is 2.14. The van der Waals surface area contributed by atoms with Crippen molar-refractivity contribution in [3.63, 3.8) is 0 Å². The zero-order valence-electron chi connectivity index (χ0n) is 15.9. The van der Waals surface area contributed by atoms with Crippen molar-refractivity contribution in [2.45, 2.75) is 52.5 Å². The zero-order valence-corrected chi connectivity index (χ0v) is 16.7. The second kappa shape index (κ2) is 9.75. The number of carbonyl (C=O) groups excluding carboxylic acids is 1. The van der Waals surface area contributed by atoms with Gasteiger partial charge in [0.15, 0.2) is 5.96 Å². The van der Waals surface area contributed by atoms with E-state index in [4.69, 9.17) is 0 Å². The van der Waals surface area contributed by atoms with Crippen molar-refractivity contribution in [1.82, 2.24) is 20.5 Å². The fourth-order valence-electron chi connectivity index (χ4n) is 2.87. The van der Waals surface area contributed by atoms with Gasteiger partial charge in [-0.3, -0.25) is 4.79 Å². The Kier molecular flexibility index (Phi) is 7.68. The van der Waals surface area contributed by atoms with Crippen LogP contribution in [0.15, 0.2) is 4.99 Å². The number of aromatic nitrogens is 1. The Balaban J connectivity index is 1.92. The Morgan fingerprint density at radius 3 is 2.56 bits per heavy atom. The number of nitrogens with one attached hydrogen (secondary N) is 2. The van der Waals surface area contributed by atoms with E-state index >= 15 is 0 Å². The van der Waals surface area contributed by atoms with E-state index in [1.165, 1.54) is 37.0 Å². The van der Waals surface area contributed by atoms with Gasteiger partial charge in [-0.25, -0.2) is 9.98 Å². The Morgan fingerprint density at radius 1 is 1.24 bits per heavy atom. The minimum Gasteiger partial charge on any atom is -0.356 e. The van der Waals surface area contributed by atoms with E-state index in [1.807, 2.05) is 6.92 Å². The van der Waals surface area contributed by atoms with Gasteiger partial charge in [0.05, 0.1) is 12.2 Å². The van der Waals surface area contributed by atoms with E-state index in [9.17, 15) is 4.79 Å². The average Bonchev–Trinajstić information content (AvgIpc) is 2.92. The van der Waals surface area contributed by atoms with Gasteiger partial charge in [-0.2, -0.15) is 0 Å². The van der Waals surface area contributed by atoms with E-state index in [-0.39, 0.29) is 12.5 Å². The molecule has 0 bridgehead atoms. The molecular formula is C18H31N5OS. The van der Waals surface area contributed by atoms with Crippen LogP contribution in [0.5, 0.6) is 0 Å². The summed E-state index contributed by atoms with van der Waals surface area (Å²) in [7, 11) is 3.50. The van der Waals surface area contributed by atoms with Gasteiger partial charge in [0, 0.05) is 25.5 Å². The molecule has 1 aliphatic carbocycles. The summed E-state index contributed by atoms with van der Waals surface area (Å²) in [6.45, 7) is 5.82. The molecule has 25 heavy (non-hydrogen) atoms. The molecule has 1 aromatic rings. The minimum absolute atomic E-state index is 0.000274. The highest BCUT2D eigenvalue weighted by Crippen LogP contribution is 2.22. The van der Waals surface area contributed by atoms with Crippen molar-refractivity contribution in [2.24, 2.45) is 10.9 Å². The fraction of sp³-hybridized carbons (Fsp3) is 0.722. The summed E-state index contributed by atoms with van der Waals surface area (Å²) in [6, 6.07) is 0. The molecule has 0 unspecified atom stereocenters. The number of likely N-dealkylation sites (N-methyl/N-ethyl adjacent to an activating group) is 1. The number of hydrogen-bond acceptors (Lipinski definition) is 4. The summed E-state index contributed by atoms with van der Waals surface area (Å²) in [5.74, 6) is 1.40. The smallest absolute Gasteiger partial charge is 0.243 e. The predicted molar refractivity (Wildman–Crippen MR) is 104 cm³/mol. The number of rotatable bonds is 6. The van der Waals surface area contributed by atoms with Crippen LogP contribution in [-0.4, -0.2) is 48.9 Å². The number of guanidine groups is 1. The van der Waals surface area contributed by atoms with E-state index in [1.54, 1.807) is 30.3 Å². The average molecular weight is 366 g/mol. The molecule has 1 aliphatic rings. The summed E-state index contributed by atoms with van der Waals surface area (Å²) in [5.41, 5.74) is 1.08. The third-order valence-corrected chi connectivity index (χ3v) is 5.71. The lowest BCUT2D eigenvalue weighted by Gasteiger charge is -2.23. The molecule has 140 valence electrons. The van der Waals surface area contributed by atoms with Crippen LogP contribution in [0.3, 0.4) is 0 Å². The molecular weight excluding hydrogens is 334 g/mol. The molecule has 1 saturated carbocycles. The van der Waals surface area contributed by atoms with Crippen molar-refractivity contribution in [1.29, 1.82) is 0 Å². The molecule has 6 nitrogen and oxygen atoms in total. The quantitative estimate of drug-likeness (QED) is 0.600. The van der Waals surface area contributed by atoms with Gasteiger partial charge in [-0.05, 0) is 32.6 Å². The molecule has 2 N–H and O–H groups in total. The number of thiazole rings is 1. The standard InChI is InChI=1S/C18H31N5OS/c1-13-14(2)25-16(22-13)11-20-18(21-12-17(24)23(3)4)19-10-15-8-6-5-7-9-15/h15H,5-12H2,1-4H3,(H2,19,20,21). The topological polar surface area (TPSA) is 69.6 Å². The molecule has 0 aromatic carbocycles. The van der Waals surface area contributed by atoms with Crippen LogP contribution in [0.25, 0.3) is 0 Å². The molecule has 1 amide bonds. The Hall–Kier alpha value is -1.63. The van der Waals surface area contributed by atoms with Crippen LogP contribution < -0.4 is 10.6 Å². The summed E-state index contributed by atoms with van der Waals surface area (Å²) in [5, 5.41) is 7.79. The molecule has 0 aliphatic heterocycles. The maximum Gasteiger partial charge on any atom is 0.243 e. The van der Waals surface area contributed by atoms with Crippen molar-refractivity contribution in [2.75, 3.05) is 27.2 Å². The van der Waals surface area contributed by atoms with E-state index in [2.05, 4.69) is 27.5 Å². The van der Waals surface area contributed by atoms with Crippen LogP contribution in [-0.2, 0) is 11.3 Å². The lowest BCUT2D eigenvalue weighted by Crippen LogP contribution is -2.40. The molecule has 0 saturated heterocycles. The van der Waals surface area contributed by atoms with Crippen LogP contribution in [0, 0.1) is 19.8 Å². The van der Waals surface area contributed by atoms with Crippen molar-refractivity contribution in [3.8, 4) is 0 Å². The van der Waals surface area contributed by atoms with Gasteiger partial charge >= 0.3 is 0 Å². The number of aliphatic imine (C=N–C) groups is 1. The fourth-order valence-corrected chi connectivity index (χ4v) is 3.74. The molecule has 0 atom stereocenters. The summed E-state index contributed by atoms with van der Waals surface area (Å²) >= 11 is 1.70. The van der Waals surface area contributed by atoms with E-state index in [0.29, 0.717) is 18.4 Å². The molecule has 1 heterocycles. The summed E-state index contributed by atoms with van der Waals surface area (Å²) in [6.07, 6.45) is 6.56. The molecule has 1 fully saturated rings. The number of amides is 1. The van der Waals surface area contributed by atoms with Gasteiger partial charge in [-0.1, -0.05) is 19.3 Å². The molecule has 2 rings (SSSR count). The van der Waals surface area contributed by atoms with Gasteiger partial charge < -0.3 is 15.5 Å². The predicted octanol–water partition coefficient (Wildman–Crippen LogP) is 2.46. The molecule has 7 heteroatoms. The summed E-state index contributed by atoms with van der Waals surface area (Å²) in [4.78, 5) is 23.6. The maximum atomic E-state index is 11.8. The minimum atomic E-state index is -0.000274. The molecule has 0 spiro atoms. The van der Waals surface area contributed by atoms with Gasteiger partial charge in [0.1, 0.15) is 11.6 Å². The molecule has 0 radical (unpaired) electrons. The van der Waals surface area contributed by atoms with Crippen molar-refractivity contribution < 1.29 is 4.79 Å². The lowest BCUT2D eigenvalue weighted by molar-refractivity contribution is -0.127. The third kappa shape index (κ3) is 6.65. The number of carbonyl (C=O) groups is 1. The zero-order chi connectivity index (χ0) is 18.2. The monoisotopic (exact) mass is 365 g/mol. The highest BCUT2D eigenvalue weighted by atomic mass is 32.1. The van der Waals surface area contributed by atoms with Crippen LogP contribution in [0.2, 0.25) is 0 Å². The molecule has 1 aromatic heterocycles. The van der Waals surface area contributed by atoms with Crippen molar-refractivity contribution >= 4 is 23.2 Å². The Morgan fingerprint density at radius 2 is 1.96 bits per heavy atom. The Bertz CT molecular complexity index is 571. The maximum absolute atomic E-state index is 11.8. The summed E-state index contributed by atoms with van der Waals surface area (Å²) < 4.78 is 0. The third-order valence-electron chi connectivity index (χ3n) is 4.63. The van der Waals surface area contributed by atoms with Crippen LogP contribution >= 0.6 is 11.3 Å². The Labute approximate surface area is 155 Å². The van der Waals surface area contributed by atoms with Gasteiger partial charge in [-0.15, -0.1) is 11.3 Å². The first-order valence-corrected chi connectivity index (χ1v) is 9.92. The number of hydrogen-bond donors (Lipinski definition) is 2. The highest BCUT2D eigenvalue weighted by molar-refractivity contribution is 7.11. The number of aryl methyl sites for hydroxylation is 2. The van der Waals surface area contributed by atoms with Gasteiger partial charge in [0.2, 0.25) is 5.91 Å². The van der Waals surface area contributed by atoms with Crippen LogP contribution in [0.1, 0.15) is 47.7 Å². The van der Waals surface area contributed by atoms with Crippen molar-refractivity contribution in [3.05, 3.63) is 15.6 Å². The first-order chi connectivity index (χ1) is 12.0. The SMILES string of the molecule is Cc1nc(CNC(=NCC(=O)N(C)C)NCC2CCCCC2)sc1C. The lowest BCUT2D eigenvalue weighted by atomic mass is 9.89. The van der Waals surface area contributed by atoms with Gasteiger partial charge in [0.25, 0.3) is 0 Å². The van der Waals surface area contributed by atoms with Crippen LogP contribution in [0.4, 0.5) is 0 Å². The first kappa shape index (κ1) is 19.7.